The van der Waals surface area contributed by atoms with E-state index in [2.05, 4.69) is 28.8 Å². The normalized spacial score (nSPS) is 11.1. The molecule has 0 radical (unpaired) electrons. The van der Waals surface area contributed by atoms with Crippen LogP contribution in [0, 0.1) is 0 Å². The topological polar surface area (TPSA) is 162 Å². The summed E-state index contributed by atoms with van der Waals surface area (Å²) >= 11 is 0. The first kappa shape index (κ1) is 51.9. The third kappa shape index (κ3) is 22.2. The van der Waals surface area contributed by atoms with Crippen molar-refractivity contribution in [1.82, 2.24) is 15.6 Å². The van der Waals surface area contributed by atoms with Crippen molar-refractivity contribution in [3.05, 3.63) is 96.6 Å². The number of amides is 2. The molecule has 0 fully saturated rings. The van der Waals surface area contributed by atoms with Gasteiger partial charge < -0.3 is 48.5 Å². The predicted octanol–water partition coefficient (Wildman–Crippen LogP) is 8.78. The number of unbranched alkanes of at least 4 members (excludes halogenated alkanes) is 2. The monoisotopic (exact) mass is 899 g/mol. The quantitative estimate of drug-likeness (QED) is 0.0355. The van der Waals surface area contributed by atoms with Gasteiger partial charge in [0.1, 0.15) is 17.1 Å². The highest BCUT2D eigenvalue weighted by atomic mass is 16.6. The first-order chi connectivity index (χ1) is 31.6. The van der Waals surface area contributed by atoms with Crippen molar-refractivity contribution in [1.29, 1.82) is 0 Å². The molecule has 1 aromatic heterocycles. The maximum Gasteiger partial charge on any atom is 0.407 e. The Morgan fingerprint density at radius 2 is 1.12 bits per heavy atom. The van der Waals surface area contributed by atoms with Crippen molar-refractivity contribution in [3.8, 4) is 39.8 Å². The lowest BCUT2D eigenvalue weighted by Crippen LogP contribution is -2.33. The van der Waals surface area contributed by atoms with Gasteiger partial charge in [0.25, 0.3) is 0 Å². The van der Waals surface area contributed by atoms with E-state index in [1.54, 1.807) is 0 Å². The third-order valence-electron chi connectivity index (χ3n) is 9.64. The minimum Gasteiger partial charge on any atom is -0.493 e. The van der Waals surface area contributed by atoms with E-state index in [0.29, 0.717) is 122 Å². The minimum atomic E-state index is -0.516. The van der Waals surface area contributed by atoms with Crippen LogP contribution < -0.4 is 24.8 Å². The number of methoxy groups -OCH3 is 1. The Kier molecular flexibility index (Phi) is 24.3. The molecule has 14 heteroatoms. The van der Waals surface area contributed by atoms with Crippen molar-refractivity contribution < 1.29 is 52.3 Å². The fourth-order valence-electron chi connectivity index (χ4n) is 6.39. The Morgan fingerprint density at radius 3 is 1.74 bits per heavy atom. The van der Waals surface area contributed by atoms with Gasteiger partial charge in [0.15, 0.2) is 0 Å². The van der Waals surface area contributed by atoms with E-state index < -0.39 is 11.7 Å². The molecule has 65 heavy (non-hydrogen) atoms. The van der Waals surface area contributed by atoms with Gasteiger partial charge in [-0.05, 0) is 95.0 Å². The van der Waals surface area contributed by atoms with Crippen LogP contribution in [-0.2, 0) is 39.7 Å². The molecular weight excluding hydrogens is 831 g/mol. The van der Waals surface area contributed by atoms with Crippen molar-refractivity contribution >= 4 is 18.0 Å². The zero-order valence-electron chi connectivity index (χ0n) is 38.7. The fourth-order valence-corrected chi connectivity index (χ4v) is 6.39. The molecule has 354 valence electrons. The summed E-state index contributed by atoms with van der Waals surface area (Å²) in [5.41, 5.74) is 4.33. The summed E-state index contributed by atoms with van der Waals surface area (Å²) in [7, 11) is 1.37. The van der Waals surface area contributed by atoms with Crippen LogP contribution in [0.2, 0.25) is 0 Å². The lowest BCUT2D eigenvalue weighted by atomic mass is 10.0. The number of esters is 1. The highest BCUT2D eigenvalue weighted by molar-refractivity contribution is 5.75. The van der Waals surface area contributed by atoms with Gasteiger partial charge in [-0.15, -0.1) is 0 Å². The molecule has 1 heterocycles. The van der Waals surface area contributed by atoms with Gasteiger partial charge in [0.2, 0.25) is 11.8 Å². The number of carbonyl (C=O) groups excluding carboxylic acids is 3. The molecule has 0 aliphatic carbocycles. The van der Waals surface area contributed by atoms with E-state index >= 15 is 0 Å². The summed E-state index contributed by atoms with van der Waals surface area (Å²) in [6, 6.07) is 30.0. The summed E-state index contributed by atoms with van der Waals surface area (Å²) < 4.78 is 45.2. The number of nitrogens with one attached hydrogen (secondary N) is 2. The molecule has 2 amide bonds. The molecule has 0 aliphatic rings. The number of benzene rings is 3. The van der Waals surface area contributed by atoms with Crippen LogP contribution in [0.15, 0.2) is 91.0 Å². The summed E-state index contributed by atoms with van der Waals surface area (Å²) in [6.07, 6.45) is 4.88. The van der Waals surface area contributed by atoms with Gasteiger partial charge in [-0.2, -0.15) is 0 Å². The highest BCUT2D eigenvalue weighted by Gasteiger charge is 2.16. The van der Waals surface area contributed by atoms with E-state index in [1.807, 2.05) is 93.6 Å². The summed E-state index contributed by atoms with van der Waals surface area (Å²) in [5, 5.41) is 5.62. The van der Waals surface area contributed by atoms with Crippen LogP contribution in [0.5, 0.6) is 17.4 Å². The molecule has 2 N–H and O–H groups in total. The summed E-state index contributed by atoms with van der Waals surface area (Å²) in [4.78, 5) is 41.0. The molecule has 0 aliphatic heterocycles. The van der Waals surface area contributed by atoms with E-state index in [9.17, 15) is 14.4 Å². The standard InChI is InChI=1S/C51H69N3O11/c1-51(2,3)65-50(57)53-28-17-30-60-35-37-61-36-34-59-29-16-27-52-47(55)24-15-33-63-46-23-14-22-45(43(46)25-26-49(56)58-4)62-31-12-7-13-32-64-48-39-42(40-18-8-5-9-19-40)38-44(54-48)41-20-10-6-11-21-41/h5-6,8-11,14,18-23,38-39H,7,12-13,15-17,24-37H2,1-4H3,(H,52,55)(H,53,57). The average Bonchev–Trinajstić information content (AvgIpc) is 3.30. The van der Waals surface area contributed by atoms with E-state index in [0.717, 1.165) is 47.2 Å². The lowest BCUT2D eigenvalue weighted by molar-refractivity contribution is -0.140. The first-order valence-electron chi connectivity index (χ1n) is 22.8. The van der Waals surface area contributed by atoms with Crippen LogP contribution in [0.25, 0.3) is 22.4 Å². The fraction of sp³-hybridized carbons (Fsp3) is 0.490. The molecule has 4 aromatic rings. The molecule has 0 spiro atoms. The summed E-state index contributed by atoms with van der Waals surface area (Å²) in [6.45, 7) is 10.6. The van der Waals surface area contributed by atoms with Crippen molar-refractivity contribution in [2.75, 3.05) is 79.7 Å². The number of hydrogen-bond donors (Lipinski definition) is 2. The van der Waals surface area contributed by atoms with Crippen molar-refractivity contribution in [3.63, 3.8) is 0 Å². The van der Waals surface area contributed by atoms with Gasteiger partial charge >= 0.3 is 12.1 Å². The van der Waals surface area contributed by atoms with Crippen LogP contribution >= 0.6 is 0 Å². The number of alkyl carbamates (subject to hydrolysis) is 1. The smallest absolute Gasteiger partial charge is 0.407 e. The van der Waals surface area contributed by atoms with Gasteiger partial charge in [0.05, 0.1) is 59.1 Å². The number of pyridine rings is 1. The Labute approximate surface area is 385 Å². The molecule has 0 atom stereocenters. The van der Waals surface area contributed by atoms with Crippen LogP contribution in [0.1, 0.15) is 77.7 Å². The number of aromatic nitrogens is 1. The van der Waals surface area contributed by atoms with Crippen LogP contribution in [0.4, 0.5) is 4.79 Å². The first-order valence-corrected chi connectivity index (χ1v) is 22.8. The van der Waals surface area contributed by atoms with E-state index in [-0.39, 0.29) is 18.3 Å². The zero-order chi connectivity index (χ0) is 46.4. The van der Waals surface area contributed by atoms with Gasteiger partial charge in [-0.1, -0.05) is 66.7 Å². The lowest BCUT2D eigenvalue weighted by Gasteiger charge is -2.19. The predicted molar refractivity (Wildman–Crippen MR) is 250 cm³/mol. The molecule has 4 rings (SSSR count). The van der Waals surface area contributed by atoms with E-state index in [1.165, 1.54) is 7.11 Å². The number of ether oxygens (including phenoxy) is 8. The Bertz CT molecular complexity index is 1900. The zero-order valence-corrected chi connectivity index (χ0v) is 38.7. The third-order valence-corrected chi connectivity index (χ3v) is 9.64. The molecule has 0 bridgehead atoms. The van der Waals surface area contributed by atoms with Crippen molar-refractivity contribution in [2.24, 2.45) is 0 Å². The van der Waals surface area contributed by atoms with Gasteiger partial charge in [-0.25, -0.2) is 9.78 Å². The highest BCUT2D eigenvalue weighted by Crippen LogP contribution is 2.31. The number of carbonyl (C=O) groups is 3. The van der Waals surface area contributed by atoms with Crippen LogP contribution in [0.3, 0.4) is 0 Å². The van der Waals surface area contributed by atoms with Crippen molar-refractivity contribution in [2.45, 2.75) is 84.2 Å². The number of nitrogens with zero attached hydrogens (tertiary/aromatic N) is 1. The maximum atomic E-state index is 12.5. The van der Waals surface area contributed by atoms with Gasteiger partial charge in [-0.3, -0.25) is 9.59 Å². The Hall–Kier alpha value is -5.70. The molecule has 14 nitrogen and oxygen atoms in total. The summed E-state index contributed by atoms with van der Waals surface area (Å²) in [5.74, 6) is 1.51. The van der Waals surface area contributed by atoms with Crippen LogP contribution in [-0.4, -0.2) is 108 Å². The molecule has 0 unspecified atom stereocenters. The van der Waals surface area contributed by atoms with Gasteiger partial charge in [0, 0.05) is 56.3 Å². The second-order valence-electron chi connectivity index (χ2n) is 16.2. The molecule has 0 saturated heterocycles. The van der Waals surface area contributed by atoms with E-state index in [4.69, 9.17) is 42.9 Å². The number of rotatable bonds is 32. The second kappa shape index (κ2) is 30.4. The largest absolute Gasteiger partial charge is 0.493 e. The SMILES string of the molecule is COC(=O)CCc1c(OCCCCCOc2cc(-c3ccccc3)cc(-c3ccccc3)n2)cccc1OCCCC(=O)NCCCOCCOCCOCCCNC(=O)OC(C)(C)C. The second-order valence-corrected chi connectivity index (χ2v) is 16.2. The average molecular weight is 900 g/mol. The Balaban J connectivity index is 1.07. The minimum absolute atomic E-state index is 0.0557. The Morgan fingerprint density at radius 1 is 0.554 bits per heavy atom. The molecule has 0 saturated carbocycles. The number of hydrogen-bond acceptors (Lipinski definition) is 12. The maximum absolute atomic E-state index is 12.5. The molecule has 3 aromatic carbocycles. The molecular formula is C51H69N3O11.